The largest absolute Gasteiger partial charge is 0.328 e. The van der Waals surface area contributed by atoms with Crippen LogP contribution in [-0.2, 0) is 4.79 Å². The molecule has 0 saturated heterocycles. The summed E-state index contributed by atoms with van der Waals surface area (Å²) in [5, 5.41) is 9.60. The zero-order valence-electron chi connectivity index (χ0n) is 17.2. The van der Waals surface area contributed by atoms with Crippen LogP contribution in [-0.4, -0.2) is 26.3 Å². The third-order valence-electron chi connectivity index (χ3n) is 5.46. The molecule has 0 fully saturated rings. The number of nitrogens with zero attached hydrogens (tertiary/aromatic N) is 3. The highest BCUT2D eigenvalue weighted by molar-refractivity contribution is 7.99. The van der Waals surface area contributed by atoms with Crippen molar-refractivity contribution in [1.82, 2.24) is 14.8 Å². The standard InChI is InChI=1S/C22H27ClN4OS/c1-4-5-6-10-29-21-25-20-24-16-12-22(2,3)13-17(28)18(16)19(27(20)26-21)14-8-7-9-15(23)11-14/h7-9,11,19H,4-6,10,12-13H2,1-3H3,(H,24,25,26). The van der Waals surface area contributed by atoms with Gasteiger partial charge in [0.1, 0.15) is 6.04 Å². The number of carbonyl (C=O) groups excluding carboxylic acids is 1. The van der Waals surface area contributed by atoms with Gasteiger partial charge in [-0.25, -0.2) is 4.68 Å². The number of hydrogen-bond acceptors (Lipinski definition) is 5. The highest BCUT2D eigenvalue weighted by Crippen LogP contribution is 2.45. The first kappa shape index (κ1) is 20.5. The summed E-state index contributed by atoms with van der Waals surface area (Å²) in [5.74, 6) is 1.88. The molecule has 29 heavy (non-hydrogen) atoms. The Morgan fingerprint density at radius 3 is 2.90 bits per heavy atom. The fraction of sp³-hybridized carbons (Fsp3) is 0.500. The first-order valence-corrected chi connectivity index (χ1v) is 11.6. The van der Waals surface area contributed by atoms with Crippen molar-refractivity contribution in [3.05, 3.63) is 46.1 Å². The molecule has 1 aliphatic carbocycles. The second-order valence-electron chi connectivity index (χ2n) is 8.63. The second-order valence-corrected chi connectivity index (χ2v) is 10.1. The fourth-order valence-electron chi connectivity index (χ4n) is 4.15. The number of fused-ring (bicyclic) bond motifs is 1. The molecule has 1 aromatic carbocycles. The number of anilines is 1. The first-order chi connectivity index (χ1) is 13.9. The molecule has 0 amide bonds. The number of allylic oxidation sites excluding steroid dienone is 2. The number of benzene rings is 1. The Kier molecular flexibility index (Phi) is 5.76. The quantitative estimate of drug-likeness (QED) is 0.458. The van der Waals surface area contributed by atoms with E-state index in [-0.39, 0.29) is 17.2 Å². The van der Waals surface area contributed by atoms with Gasteiger partial charge in [-0.05, 0) is 36.0 Å². The second kappa shape index (κ2) is 8.15. The Bertz CT molecular complexity index is 965. The average Bonchev–Trinajstić information content (AvgIpc) is 3.05. The van der Waals surface area contributed by atoms with Crippen molar-refractivity contribution < 1.29 is 4.79 Å². The van der Waals surface area contributed by atoms with E-state index in [2.05, 4.69) is 26.1 Å². The van der Waals surface area contributed by atoms with Crippen LogP contribution in [0.5, 0.6) is 0 Å². The van der Waals surface area contributed by atoms with Gasteiger partial charge in [0.2, 0.25) is 11.1 Å². The third kappa shape index (κ3) is 4.24. The number of ketones is 1. The molecular weight excluding hydrogens is 404 g/mol. The summed E-state index contributed by atoms with van der Waals surface area (Å²) >= 11 is 7.96. The van der Waals surface area contributed by atoms with Crippen LogP contribution in [0.4, 0.5) is 5.95 Å². The molecule has 2 heterocycles. The Morgan fingerprint density at radius 2 is 2.14 bits per heavy atom. The number of halogens is 1. The number of rotatable bonds is 6. The number of hydrogen-bond donors (Lipinski definition) is 1. The monoisotopic (exact) mass is 430 g/mol. The fourth-order valence-corrected chi connectivity index (χ4v) is 5.18. The highest BCUT2D eigenvalue weighted by Gasteiger charge is 2.41. The summed E-state index contributed by atoms with van der Waals surface area (Å²) in [4.78, 5) is 17.9. The number of aromatic nitrogens is 3. The van der Waals surface area contributed by atoms with Crippen LogP contribution >= 0.6 is 23.4 Å². The summed E-state index contributed by atoms with van der Waals surface area (Å²) in [6.45, 7) is 6.48. The van der Waals surface area contributed by atoms with Gasteiger partial charge in [-0.2, -0.15) is 4.98 Å². The lowest BCUT2D eigenvalue weighted by atomic mass is 9.73. The molecule has 0 bridgehead atoms. The van der Waals surface area contributed by atoms with Crippen molar-refractivity contribution in [2.24, 2.45) is 5.41 Å². The topological polar surface area (TPSA) is 59.8 Å². The van der Waals surface area contributed by atoms with Crippen LogP contribution in [0.3, 0.4) is 0 Å². The SMILES string of the molecule is CCCCCSc1nc2n(n1)C(c1cccc(Cl)c1)C1=C(CC(C)(C)CC1=O)N2. The Balaban J connectivity index is 1.74. The summed E-state index contributed by atoms with van der Waals surface area (Å²) < 4.78 is 1.86. The molecule has 2 aliphatic rings. The van der Waals surface area contributed by atoms with Crippen LogP contribution in [0.25, 0.3) is 0 Å². The number of unbranched alkanes of at least 4 members (excludes halogenated alkanes) is 2. The predicted octanol–water partition coefficient (Wildman–Crippen LogP) is 5.87. The Labute approximate surface area is 181 Å². The van der Waals surface area contributed by atoms with Gasteiger partial charge >= 0.3 is 0 Å². The van der Waals surface area contributed by atoms with Gasteiger partial charge in [-0.1, -0.05) is 69.1 Å². The molecular formula is C22H27ClN4OS. The Morgan fingerprint density at radius 1 is 1.31 bits per heavy atom. The van der Waals surface area contributed by atoms with Crippen LogP contribution in [0.15, 0.2) is 40.7 Å². The van der Waals surface area contributed by atoms with E-state index in [1.54, 1.807) is 11.8 Å². The molecule has 154 valence electrons. The van der Waals surface area contributed by atoms with Gasteiger partial charge in [-0.3, -0.25) is 4.79 Å². The maximum Gasteiger partial charge on any atom is 0.227 e. The molecule has 5 nitrogen and oxygen atoms in total. The first-order valence-electron chi connectivity index (χ1n) is 10.3. The van der Waals surface area contributed by atoms with E-state index in [0.717, 1.165) is 40.6 Å². The predicted molar refractivity (Wildman–Crippen MR) is 119 cm³/mol. The van der Waals surface area contributed by atoms with Crippen molar-refractivity contribution >= 4 is 35.1 Å². The molecule has 1 aliphatic heterocycles. The average molecular weight is 431 g/mol. The van der Waals surface area contributed by atoms with E-state index in [0.29, 0.717) is 17.4 Å². The van der Waals surface area contributed by atoms with Crippen molar-refractivity contribution in [1.29, 1.82) is 0 Å². The maximum absolute atomic E-state index is 13.2. The number of thioether (sulfide) groups is 1. The molecule has 7 heteroatoms. The van der Waals surface area contributed by atoms with Gasteiger partial charge in [0, 0.05) is 28.5 Å². The minimum Gasteiger partial charge on any atom is -0.328 e. The molecule has 1 aromatic heterocycles. The number of nitrogens with one attached hydrogen (secondary N) is 1. The van der Waals surface area contributed by atoms with Crippen molar-refractivity contribution in [3.8, 4) is 0 Å². The summed E-state index contributed by atoms with van der Waals surface area (Å²) in [6, 6.07) is 7.42. The summed E-state index contributed by atoms with van der Waals surface area (Å²) in [5.41, 5.74) is 2.67. The van der Waals surface area contributed by atoms with Crippen molar-refractivity contribution in [2.45, 2.75) is 64.1 Å². The van der Waals surface area contributed by atoms with E-state index in [1.165, 1.54) is 12.8 Å². The summed E-state index contributed by atoms with van der Waals surface area (Å²) in [7, 11) is 0. The van der Waals surface area contributed by atoms with Crippen LogP contribution < -0.4 is 5.32 Å². The maximum atomic E-state index is 13.2. The van der Waals surface area contributed by atoms with Crippen LogP contribution in [0.2, 0.25) is 5.02 Å². The van der Waals surface area contributed by atoms with Crippen molar-refractivity contribution in [3.63, 3.8) is 0 Å². The van der Waals surface area contributed by atoms with E-state index < -0.39 is 0 Å². The summed E-state index contributed by atoms with van der Waals surface area (Å²) in [6.07, 6.45) is 4.91. The smallest absolute Gasteiger partial charge is 0.227 e. The lowest BCUT2D eigenvalue weighted by molar-refractivity contribution is -0.118. The van der Waals surface area contributed by atoms with Crippen LogP contribution in [0, 0.1) is 5.41 Å². The lowest BCUT2D eigenvalue weighted by Crippen LogP contribution is -2.36. The normalized spacial score (nSPS) is 20.3. The molecule has 0 saturated carbocycles. The zero-order valence-corrected chi connectivity index (χ0v) is 18.7. The molecule has 2 aromatic rings. The van der Waals surface area contributed by atoms with E-state index in [1.807, 2.05) is 28.9 Å². The minimum absolute atomic E-state index is 0.0677. The van der Waals surface area contributed by atoms with E-state index in [9.17, 15) is 4.79 Å². The van der Waals surface area contributed by atoms with Gasteiger partial charge in [0.15, 0.2) is 5.78 Å². The van der Waals surface area contributed by atoms with Crippen LogP contribution in [0.1, 0.15) is 64.5 Å². The Hall–Kier alpha value is -1.79. The van der Waals surface area contributed by atoms with Gasteiger partial charge in [0.05, 0.1) is 0 Å². The highest BCUT2D eigenvalue weighted by atomic mass is 35.5. The van der Waals surface area contributed by atoms with Gasteiger partial charge in [0.25, 0.3) is 0 Å². The molecule has 1 N–H and O–H groups in total. The third-order valence-corrected chi connectivity index (χ3v) is 6.61. The molecule has 4 rings (SSSR count). The lowest BCUT2D eigenvalue weighted by Gasteiger charge is -2.38. The number of carbonyl (C=O) groups is 1. The molecule has 0 radical (unpaired) electrons. The molecule has 0 spiro atoms. The zero-order chi connectivity index (χ0) is 20.6. The number of Topliss-reactive ketones (excluding diaryl/α,β-unsaturated/α-hetero) is 1. The molecule has 1 atom stereocenters. The van der Waals surface area contributed by atoms with Crippen molar-refractivity contribution in [2.75, 3.05) is 11.1 Å². The van der Waals surface area contributed by atoms with E-state index >= 15 is 0 Å². The van der Waals surface area contributed by atoms with E-state index in [4.69, 9.17) is 21.7 Å². The van der Waals surface area contributed by atoms with Gasteiger partial charge < -0.3 is 5.32 Å². The molecule has 1 unspecified atom stereocenters. The van der Waals surface area contributed by atoms with Gasteiger partial charge in [-0.15, -0.1) is 5.10 Å². The minimum atomic E-state index is -0.291.